The molecule has 0 aliphatic carbocycles. The third-order valence-electron chi connectivity index (χ3n) is 4.42. The molecule has 0 bridgehead atoms. The van der Waals surface area contributed by atoms with Crippen LogP contribution < -0.4 is 9.62 Å². The Morgan fingerprint density at radius 2 is 1.62 bits per heavy atom. The average molecular weight is 513 g/mol. The Labute approximate surface area is 189 Å². The summed E-state index contributed by atoms with van der Waals surface area (Å²) in [5.41, 5.74) is -1.07. The number of nitrogens with one attached hydrogen (secondary N) is 1. The maximum Gasteiger partial charge on any atom is 0.416 e. The van der Waals surface area contributed by atoms with Crippen molar-refractivity contribution in [1.29, 1.82) is 0 Å². The van der Waals surface area contributed by atoms with E-state index in [-0.39, 0.29) is 9.92 Å². The molecule has 176 valence electrons. The molecule has 0 saturated carbocycles. The fourth-order valence-electron chi connectivity index (χ4n) is 2.77. The molecular formula is C19H20ClF3N2O5S2. The van der Waals surface area contributed by atoms with Gasteiger partial charge in [-0.25, -0.2) is 16.8 Å². The van der Waals surface area contributed by atoms with Gasteiger partial charge in [-0.2, -0.15) is 13.2 Å². The van der Waals surface area contributed by atoms with E-state index < -0.39 is 55.8 Å². The first-order valence-corrected chi connectivity index (χ1v) is 13.1. The molecule has 2 rings (SSSR count). The van der Waals surface area contributed by atoms with E-state index in [1.54, 1.807) is 6.92 Å². The largest absolute Gasteiger partial charge is 0.416 e. The molecule has 13 heteroatoms. The number of sulfone groups is 1. The fourth-order valence-corrected chi connectivity index (χ4v) is 4.53. The molecule has 0 saturated heterocycles. The molecule has 2 aromatic rings. The van der Waals surface area contributed by atoms with Crippen molar-refractivity contribution in [2.75, 3.05) is 23.4 Å². The van der Waals surface area contributed by atoms with E-state index in [0.717, 1.165) is 18.6 Å². The topological polar surface area (TPSA) is 101 Å². The highest BCUT2D eigenvalue weighted by atomic mass is 35.5. The lowest BCUT2D eigenvalue weighted by Crippen LogP contribution is -2.41. The van der Waals surface area contributed by atoms with Crippen LogP contribution in [0.4, 0.5) is 18.9 Å². The van der Waals surface area contributed by atoms with Crippen molar-refractivity contribution in [3.63, 3.8) is 0 Å². The third-order valence-corrected chi connectivity index (χ3v) is 6.99. The molecule has 7 nitrogen and oxygen atoms in total. The van der Waals surface area contributed by atoms with Gasteiger partial charge in [-0.1, -0.05) is 23.7 Å². The summed E-state index contributed by atoms with van der Waals surface area (Å²) in [5.74, 6) is -0.802. The van der Waals surface area contributed by atoms with Crippen LogP contribution in [0.1, 0.15) is 24.1 Å². The Morgan fingerprint density at radius 1 is 1.06 bits per heavy atom. The minimum Gasteiger partial charge on any atom is -0.348 e. The maximum absolute atomic E-state index is 13.1. The zero-order valence-corrected chi connectivity index (χ0v) is 19.5. The number of halogens is 4. The number of rotatable bonds is 7. The van der Waals surface area contributed by atoms with Gasteiger partial charge in [0.15, 0.2) is 9.84 Å². The van der Waals surface area contributed by atoms with Gasteiger partial charge in [0.2, 0.25) is 15.9 Å². The summed E-state index contributed by atoms with van der Waals surface area (Å²) in [6.07, 6.45) is -2.95. The van der Waals surface area contributed by atoms with Crippen LogP contribution in [0.2, 0.25) is 5.02 Å². The molecule has 1 N–H and O–H groups in total. The molecule has 0 spiro atoms. The van der Waals surface area contributed by atoms with E-state index in [9.17, 15) is 34.8 Å². The van der Waals surface area contributed by atoms with E-state index in [0.29, 0.717) is 22.0 Å². The molecule has 1 atom stereocenters. The van der Waals surface area contributed by atoms with Crippen LogP contribution in [-0.4, -0.2) is 41.8 Å². The first-order chi connectivity index (χ1) is 14.5. The standard InChI is InChI=1S/C19H20ClF3N2O5S2/c1-12(13-4-7-15(8-5-13)31(2,27)28)24-18(26)11-25(32(3,29)30)17-10-14(19(21,22)23)6-9-16(17)20/h4-10,12H,11H2,1-3H3,(H,24,26)/t12-/m1/s1. The summed E-state index contributed by atoms with van der Waals surface area (Å²) in [5, 5.41) is 2.25. The normalized spacial score (nSPS) is 13.5. The highest BCUT2D eigenvalue weighted by Gasteiger charge is 2.33. The Balaban J connectivity index is 2.27. The summed E-state index contributed by atoms with van der Waals surface area (Å²) in [4.78, 5) is 12.6. The predicted octanol–water partition coefficient (Wildman–Crippen LogP) is 3.41. The number of sulfonamides is 1. The van der Waals surface area contributed by atoms with Gasteiger partial charge in [0.25, 0.3) is 0 Å². The summed E-state index contributed by atoms with van der Waals surface area (Å²) in [6.45, 7) is 0.765. The van der Waals surface area contributed by atoms with Gasteiger partial charge in [0.1, 0.15) is 6.54 Å². The number of anilines is 1. The molecule has 0 heterocycles. The van der Waals surface area contributed by atoms with E-state index in [1.165, 1.54) is 24.3 Å². The smallest absolute Gasteiger partial charge is 0.348 e. The van der Waals surface area contributed by atoms with E-state index in [2.05, 4.69) is 5.32 Å². The number of amides is 1. The lowest BCUT2D eigenvalue weighted by Gasteiger charge is -2.25. The van der Waals surface area contributed by atoms with Crippen molar-refractivity contribution in [2.24, 2.45) is 0 Å². The molecule has 0 aromatic heterocycles. The van der Waals surface area contributed by atoms with Crippen LogP contribution in [0, 0.1) is 0 Å². The molecule has 0 fully saturated rings. The number of carbonyl (C=O) groups excluding carboxylic acids is 1. The highest BCUT2D eigenvalue weighted by Crippen LogP contribution is 2.36. The molecule has 2 aromatic carbocycles. The van der Waals surface area contributed by atoms with E-state index >= 15 is 0 Å². The first kappa shape index (κ1) is 25.9. The summed E-state index contributed by atoms with van der Waals surface area (Å²) in [7, 11) is -7.57. The number of alkyl halides is 3. The van der Waals surface area contributed by atoms with Crippen molar-refractivity contribution in [1.82, 2.24) is 5.32 Å². The van der Waals surface area contributed by atoms with Crippen molar-refractivity contribution >= 4 is 43.1 Å². The van der Waals surface area contributed by atoms with E-state index in [4.69, 9.17) is 11.6 Å². The number of hydrogen-bond donors (Lipinski definition) is 1. The minimum absolute atomic E-state index is 0.0854. The van der Waals surface area contributed by atoms with Crippen LogP contribution in [0.25, 0.3) is 0 Å². The van der Waals surface area contributed by atoms with Gasteiger partial charge >= 0.3 is 6.18 Å². The molecule has 32 heavy (non-hydrogen) atoms. The van der Waals surface area contributed by atoms with Crippen molar-refractivity contribution in [2.45, 2.75) is 24.0 Å². The summed E-state index contributed by atoms with van der Waals surface area (Å²) >= 11 is 5.93. The van der Waals surface area contributed by atoms with Gasteiger partial charge in [0.05, 0.1) is 33.5 Å². The lowest BCUT2D eigenvalue weighted by molar-refractivity contribution is -0.137. The highest BCUT2D eigenvalue weighted by molar-refractivity contribution is 7.92. The van der Waals surface area contributed by atoms with Gasteiger partial charge in [0, 0.05) is 6.26 Å². The molecule has 0 aliphatic rings. The number of benzene rings is 2. The van der Waals surface area contributed by atoms with E-state index in [1.807, 2.05) is 0 Å². The zero-order chi connectivity index (χ0) is 24.5. The predicted molar refractivity (Wildman–Crippen MR) is 115 cm³/mol. The maximum atomic E-state index is 13.1. The minimum atomic E-state index is -4.74. The Kier molecular flexibility index (Phi) is 7.52. The van der Waals surface area contributed by atoms with Crippen LogP contribution in [0.5, 0.6) is 0 Å². The van der Waals surface area contributed by atoms with Crippen LogP contribution >= 0.6 is 11.6 Å². The monoisotopic (exact) mass is 512 g/mol. The lowest BCUT2D eigenvalue weighted by atomic mass is 10.1. The fraction of sp³-hybridized carbons (Fsp3) is 0.316. The second-order valence-electron chi connectivity index (χ2n) is 7.06. The van der Waals surface area contributed by atoms with Gasteiger partial charge in [-0.3, -0.25) is 9.10 Å². The Morgan fingerprint density at radius 3 is 2.09 bits per heavy atom. The number of nitrogens with zero attached hydrogens (tertiary/aromatic N) is 1. The van der Waals surface area contributed by atoms with Crippen molar-refractivity contribution < 1.29 is 34.8 Å². The van der Waals surface area contributed by atoms with Gasteiger partial charge < -0.3 is 5.32 Å². The van der Waals surface area contributed by atoms with Crippen LogP contribution in [0.15, 0.2) is 47.4 Å². The molecule has 0 unspecified atom stereocenters. The van der Waals surface area contributed by atoms with Crippen molar-refractivity contribution in [3.05, 3.63) is 58.6 Å². The molecular weight excluding hydrogens is 493 g/mol. The number of carbonyl (C=O) groups is 1. The zero-order valence-electron chi connectivity index (χ0n) is 17.1. The number of hydrogen-bond acceptors (Lipinski definition) is 5. The second-order valence-corrected chi connectivity index (χ2v) is 11.4. The second kappa shape index (κ2) is 9.28. The molecule has 1 amide bonds. The van der Waals surface area contributed by atoms with Crippen LogP contribution in [-0.2, 0) is 30.8 Å². The quantitative estimate of drug-likeness (QED) is 0.613. The van der Waals surface area contributed by atoms with Gasteiger partial charge in [-0.05, 0) is 42.8 Å². The Bertz CT molecular complexity index is 1210. The third kappa shape index (κ3) is 6.59. The summed E-state index contributed by atoms with van der Waals surface area (Å²) in [6, 6.07) is 7.21. The molecule has 0 radical (unpaired) electrons. The summed E-state index contributed by atoms with van der Waals surface area (Å²) < 4.78 is 87.2. The first-order valence-electron chi connectivity index (χ1n) is 8.94. The van der Waals surface area contributed by atoms with Crippen molar-refractivity contribution in [3.8, 4) is 0 Å². The average Bonchev–Trinajstić information content (AvgIpc) is 2.64. The Hall–Kier alpha value is -2.31. The van der Waals surface area contributed by atoms with Crippen LogP contribution in [0.3, 0.4) is 0 Å². The SMILES string of the molecule is C[C@@H](NC(=O)CN(c1cc(C(F)(F)F)ccc1Cl)S(C)(=O)=O)c1ccc(S(C)(=O)=O)cc1. The molecule has 0 aliphatic heterocycles. The van der Waals surface area contributed by atoms with Gasteiger partial charge in [-0.15, -0.1) is 0 Å².